The molecule has 1 unspecified atom stereocenters. The summed E-state index contributed by atoms with van der Waals surface area (Å²) >= 11 is 11.9. The van der Waals surface area contributed by atoms with Gasteiger partial charge in [0, 0.05) is 18.4 Å². The summed E-state index contributed by atoms with van der Waals surface area (Å²) in [6.07, 6.45) is 2.41. The van der Waals surface area contributed by atoms with Crippen molar-refractivity contribution >= 4 is 40.6 Å². The molecule has 1 aliphatic rings. The van der Waals surface area contributed by atoms with Crippen LogP contribution in [0.25, 0.3) is 0 Å². The summed E-state index contributed by atoms with van der Waals surface area (Å²) in [5, 5.41) is 4.08. The van der Waals surface area contributed by atoms with E-state index in [1.807, 2.05) is 18.2 Å². The van der Waals surface area contributed by atoms with Crippen molar-refractivity contribution in [3.63, 3.8) is 0 Å². The van der Waals surface area contributed by atoms with Gasteiger partial charge in [0.2, 0.25) is 5.91 Å². The van der Waals surface area contributed by atoms with E-state index in [0.717, 1.165) is 12.1 Å². The average Bonchev–Trinajstić information content (AvgIpc) is 2.84. The molecule has 21 heavy (non-hydrogen) atoms. The summed E-state index contributed by atoms with van der Waals surface area (Å²) in [5.41, 5.74) is 0.764. The molecule has 1 aliphatic heterocycles. The molecule has 0 radical (unpaired) electrons. The topological polar surface area (TPSA) is 45.2 Å². The van der Waals surface area contributed by atoms with E-state index in [2.05, 4.69) is 10.3 Å². The number of carbonyl (C=O) groups is 1. The highest BCUT2D eigenvalue weighted by atomic mass is 35.5. The van der Waals surface area contributed by atoms with Crippen molar-refractivity contribution in [1.29, 1.82) is 0 Å². The van der Waals surface area contributed by atoms with E-state index < -0.39 is 0 Å². The van der Waals surface area contributed by atoms with Crippen LogP contribution in [-0.2, 0) is 4.79 Å². The molecule has 1 amide bonds. The van der Waals surface area contributed by atoms with Crippen LogP contribution in [-0.4, -0.2) is 23.5 Å². The van der Waals surface area contributed by atoms with E-state index in [-0.39, 0.29) is 11.9 Å². The zero-order valence-corrected chi connectivity index (χ0v) is 12.6. The van der Waals surface area contributed by atoms with Crippen molar-refractivity contribution in [2.45, 2.75) is 12.5 Å². The zero-order chi connectivity index (χ0) is 14.8. The van der Waals surface area contributed by atoms with Gasteiger partial charge >= 0.3 is 0 Å². The van der Waals surface area contributed by atoms with E-state index in [9.17, 15) is 4.79 Å². The molecule has 1 aromatic carbocycles. The fraction of sp³-hybridized carbons (Fsp3) is 0.200. The number of hydrogen-bond acceptors (Lipinski definition) is 3. The van der Waals surface area contributed by atoms with Gasteiger partial charge in [0.25, 0.3) is 0 Å². The van der Waals surface area contributed by atoms with Crippen LogP contribution >= 0.6 is 23.2 Å². The first-order valence-corrected chi connectivity index (χ1v) is 7.35. The van der Waals surface area contributed by atoms with Crippen LogP contribution in [0.5, 0.6) is 0 Å². The largest absolute Gasteiger partial charge is 0.358 e. The first-order valence-electron chi connectivity index (χ1n) is 6.59. The Hall–Kier alpha value is -1.78. The van der Waals surface area contributed by atoms with E-state index in [0.29, 0.717) is 22.4 Å². The minimum atomic E-state index is -0.269. The van der Waals surface area contributed by atoms with Crippen LogP contribution in [0.1, 0.15) is 6.42 Å². The number of nitrogens with one attached hydrogen (secondary N) is 1. The predicted molar refractivity (Wildman–Crippen MR) is 85.1 cm³/mol. The Morgan fingerprint density at radius 3 is 2.76 bits per heavy atom. The molecule has 3 rings (SSSR count). The maximum atomic E-state index is 12.5. The van der Waals surface area contributed by atoms with Crippen molar-refractivity contribution in [2.75, 3.05) is 16.8 Å². The Kier molecular flexibility index (Phi) is 3.99. The van der Waals surface area contributed by atoms with Crippen molar-refractivity contribution in [3.05, 3.63) is 52.6 Å². The average molecular weight is 322 g/mol. The number of benzene rings is 1. The van der Waals surface area contributed by atoms with Gasteiger partial charge in [-0.25, -0.2) is 4.98 Å². The molecule has 1 N–H and O–H groups in total. The molecule has 4 nitrogen and oxygen atoms in total. The number of aromatic nitrogens is 1. The van der Waals surface area contributed by atoms with Crippen molar-refractivity contribution in [3.8, 4) is 0 Å². The molecule has 0 spiro atoms. The summed E-state index contributed by atoms with van der Waals surface area (Å²) in [7, 11) is 0. The molecule has 2 aromatic rings. The van der Waals surface area contributed by atoms with E-state index in [1.54, 1.807) is 29.3 Å². The Labute approximate surface area is 132 Å². The fourth-order valence-electron chi connectivity index (χ4n) is 2.35. The normalized spacial score (nSPS) is 18.1. The number of anilines is 2. The van der Waals surface area contributed by atoms with E-state index >= 15 is 0 Å². The summed E-state index contributed by atoms with van der Waals surface area (Å²) in [6, 6.07) is 10.5. The van der Waals surface area contributed by atoms with Gasteiger partial charge in [0.1, 0.15) is 11.9 Å². The molecule has 108 valence electrons. The van der Waals surface area contributed by atoms with E-state index in [4.69, 9.17) is 23.2 Å². The summed E-state index contributed by atoms with van der Waals surface area (Å²) in [4.78, 5) is 18.4. The predicted octanol–water partition coefficient (Wildman–Crippen LogP) is 3.61. The number of amides is 1. The Bertz CT molecular complexity index is 663. The molecule has 1 aromatic heterocycles. The number of carbonyl (C=O) groups excluding carboxylic acids is 1. The Morgan fingerprint density at radius 1 is 1.19 bits per heavy atom. The molecule has 2 heterocycles. The highest BCUT2D eigenvalue weighted by Gasteiger charge is 2.32. The Morgan fingerprint density at radius 2 is 2.05 bits per heavy atom. The number of pyridine rings is 1. The van der Waals surface area contributed by atoms with Gasteiger partial charge in [-0.15, -0.1) is 0 Å². The molecule has 6 heteroatoms. The lowest BCUT2D eigenvalue weighted by atomic mass is 10.2. The van der Waals surface area contributed by atoms with Gasteiger partial charge < -0.3 is 10.2 Å². The van der Waals surface area contributed by atoms with Crippen LogP contribution in [0.3, 0.4) is 0 Å². The number of nitrogens with zero attached hydrogens (tertiary/aromatic N) is 2. The second-order valence-corrected chi connectivity index (χ2v) is 5.60. The lowest BCUT2D eigenvalue weighted by Crippen LogP contribution is -2.33. The number of rotatable bonds is 3. The van der Waals surface area contributed by atoms with Gasteiger partial charge in [-0.1, -0.05) is 29.3 Å². The molecular formula is C15H13Cl2N3O. The van der Waals surface area contributed by atoms with Gasteiger partial charge in [-0.3, -0.25) is 4.79 Å². The highest BCUT2D eigenvalue weighted by molar-refractivity contribution is 6.42. The quantitative estimate of drug-likeness (QED) is 0.939. The van der Waals surface area contributed by atoms with Gasteiger partial charge in [0.05, 0.1) is 10.0 Å². The summed E-state index contributed by atoms with van der Waals surface area (Å²) in [6.45, 7) is 0.640. The third-order valence-corrected chi connectivity index (χ3v) is 4.15. The molecular weight excluding hydrogens is 309 g/mol. The van der Waals surface area contributed by atoms with Crippen LogP contribution in [0.15, 0.2) is 42.6 Å². The third-order valence-electron chi connectivity index (χ3n) is 3.41. The second kappa shape index (κ2) is 5.92. The van der Waals surface area contributed by atoms with Crippen molar-refractivity contribution < 1.29 is 4.79 Å². The van der Waals surface area contributed by atoms with Crippen LogP contribution in [0, 0.1) is 0 Å². The first-order chi connectivity index (χ1) is 10.1. The van der Waals surface area contributed by atoms with Crippen LogP contribution in [0.4, 0.5) is 11.5 Å². The second-order valence-electron chi connectivity index (χ2n) is 4.79. The summed E-state index contributed by atoms with van der Waals surface area (Å²) in [5.74, 6) is 0.714. The smallest absolute Gasteiger partial charge is 0.249 e. The lowest BCUT2D eigenvalue weighted by molar-refractivity contribution is -0.117. The monoisotopic (exact) mass is 321 g/mol. The summed E-state index contributed by atoms with van der Waals surface area (Å²) < 4.78 is 0. The minimum Gasteiger partial charge on any atom is -0.358 e. The highest BCUT2D eigenvalue weighted by Crippen LogP contribution is 2.30. The SMILES string of the molecule is O=C1C(Nc2ccccn2)CCN1c1ccc(Cl)c(Cl)c1. The molecule has 0 bridgehead atoms. The van der Waals surface area contributed by atoms with Crippen LogP contribution in [0.2, 0.25) is 10.0 Å². The lowest BCUT2D eigenvalue weighted by Gasteiger charge is -2.18. The standard InChI is InChI=1S/C15H13Cl2N3O/c16-11-5-4-10(9-12(11)17)20-8-6-13(15(20)21)19-14-3-1-2-7-18-14/h1-5,7,9,13H,6,8H2,(H,18,19). The minimum absolute atomic E-state index is 0.0130. The fourth-order valence-corrected chi connectivity index (χ4v) is 2.64. The molecule has 0 aliphatic carbocycles. The van der Waals surface area contributed by atoms with Crippen molar-refractivity contribution in [1.82, 2.24) is 4.98 Å². The van der Waals surface area contributed by atoms with E-state index in [1.165, 1.54) is 0 Å². The maximum absolute atomic E-state index is 12.5. The molecule has 1 saturated heterocycles. The molecule has 0 saturated carbocycles. The number of halogens is 2. The van der Waals surface area contributed by atoms with Gasteiger partial charge in [-0.05, 0) is 36.8 Å². The first kappa shape index (κ1) is 14.2. The van der Waals surface area contributed by atoms with Crippen molar-refractivity contribution in [2.24, 2.45) is 0 Å². The zero-order valence-electron chi connectivity index (χ0n) is 11.1. The van der Waals surface area contributed by atoms with Gasteiger partial charge in [0.15, 0.2) is 0 Å². The number of hydrogen-bond donors (Lipinski definition) is 1. The maximum Gasteiger partial charge on any atom is 0.249 e. The Balaban J connectivity index is 1.75. The third kappa shape index (κ3) is 2.96. The van der Waals surface area contributed by atoms with Gasteiger partial charge in [-0.2, -0.15) is 0 Å². The molecule has 1 atom stereocenters. The van der Waals surface area contributed by atoms with Crippen LogP contribution < -0.4 is 10.2 Å². The molecule has 1 fully saturated rings.